The first kappa shape index (κ1) is 26.1. The van der Waals surface area contributed by atoms with Crippen LogP contribution in [0.4, 0.5) is 0 Å². The Morgan fingerprint density at radius 1 is 0.452 bits per heavy atom. The summed E-state index contributed by atoms with van der Waals surface area (Å²) >= 11 is 0. The number of rotatable bonds is 6. The van der Waals surface area contributed by atoms with Crippen LogP contribution in [0.5, 0.6) is 0 Å². The Kier molecular flexibility index (Phi) is 6.08. The summed E-state index contributed by atoms with van der Waals surface area (Å²) in [6, 6.07) is 21.6. The fourth-order valence-corrected chi connectivity index (χ4v) is 5.15. The Bertz CT molecular complexity index is 1950. The second-order valence-electron chi connectivity index (χ2n) is 9.52. The number of carbonyl (C=O) groups is 4. The third-order valence-electron chi connectivity index (χ3n) is 6.94. The Hall–Kier alpha value is -6.16. The molecule has 6 aromatic rings. The van der Waals surface area contributed by atoms with Crippen molar-refractivity contribution in [1.82, 2.24) is 9.97 Å². The molecule has 0 saturated heterocycles. The second kappa shape index (κ2) is 9.79. The number of hydrogen-bond acceptors (Lipinski definition) is 6. The van der Waals surface area contributed by atoms with E-state index in [4.69, 9.17) is 9.97 Å². The lowest BCUT2D eigenvalue weighted by molar-refractivity contribution is 0.0676. The first-order valence-electron chi connectivity index (χ1n) is 12.5. The van der Waals surface area contributed by atoms with Gasteiger partial charge in [0, 0.05) is 11.1 Å². The van der Waals surface area contributed by atoms with Gasteiger partial charge in [-0.15, -0.1) is 0 Å². The molecule has 0 fully saturated rings. The zero-order valence-electron chi connectivity index (χ0n) is 21.4. The van der Waals surface area contributed by atoms with Crippen molar-refractivity contribution in [3.8, 4) is 22.3 Å². The van der Waals surface area contributed by atoms with E-state index in [2.05, 4.69) is 0 Å². The summed E-state index contributed by atoms with van der Waals surface area (Å²) in [5, 5.41) is 40.1. The van der Waals surface area contributed by atoms with E-state index in [0.29, 0.717) is 44.0 Å². The Morgan fingerprint density at radius 3 is 1.07 bits per heavy atom. The maximum atomic E-state index is 12.0. The van der Waals surface area contributed by atoms with Crippen molar-refractivity contribution in [2.45, 2.75) is 0 Å². The van der Waals surface area contributed by atoms with Gasteiger partial charge >= 0.3 is 23.9 Å². The largest absolute Gasteiger partial charge is 0.478 e. The fourth-order valence-electron chi connectivity index (χ4n) is 5.15. The molecular weight excluding hydrogens is 540 g/mol. The van der Waals surface area contributed by atoms with Gasteiger partial charge in [-0.05, 0) is 70.4 Å². The number of fused-ring (bicyclic) bond motifs is 3. The van der Waals surface area contributed by atoms with E-state index in [1.54, 1.807) is 48.5 Å². The van der Waals surface area contributed by atoms with Gasteiger partial charge in [-0.3, -0.25) is 0 Å². The number of aromatic carboxylic acids is 4. The summed E-state index contributed by atoms with van der Waals surface area (Å²) in [6.07, 6.45) is 0. The minimum absolute atomic E-state index is 0.236. The van der Waals surface area contributed by atoms with E-state index >= 15 is 0 Å². The van der Waals surface area contributed by atoms with E-state index in [1.165, 1.54) is 24.3 Å². The number of benzene rings is 5. The Balaban J connectivity index is 1.85. The summed E-state index contributed by atoms with van der Waals surface area (Å²) in [7, 11) is 0. The molecule has 1 heterocycles. The molecule has 204 valence electrons. The van der Waals surface area contributed by atoms with Gasteiger partial charge in [-0.2, -0.15) is 0 Å². The van der Waals surface area contributed by atoms with Crippen molar-refractivity contribution < 1.29 is 39.6 Å². The summed E-state index contributed by atoms with van der Waals surface area (Å²) in [5.41, 5.74) is 2.03. The average molecular weight is 559 g/mol. The molecule has 0 spiro atoms. The van der Waals surface area contributed by atoms with Crippen LogP contribution in [-0.2, 0) is 0 Å². The first-order chi connectivity index (χ1) is 20.1. The maximum absolute atomic E-state index is 12.0. The lowest BCUT2D eigenvalue weighted by atomic mass is 9.87. The first-order valence-corrected chi connectivity index (χ1v) is 12.5. The summed E-state index contributed by atoms with van der Waals surface area (Å²) < 4.78 is 0. The molecule has 5 aromatic carbocycles. The predicted octanol–water partition coefficient (Wildman–Crippen LogP) is 6.06. The number of para-hydroxylation sites is 2. The van der Waals surface area contributed by atoms with E-state index in [1.807, 2.05) is 0 Å². The Labute approximate surface area is 235 Å². The highest BCUT2D eigenvalue weighted by Gasteiger charge is 2.23. The van der Waals surface area contributed by atoms with Gasteiger partial charge in [-0.25, -0.2) is 29.1 Å². The van der Waals surface area contributed by atoms with Crippen LogP contribution >= 0.6 is 0 Å². The second-order valence-corrected chi connectivity index (χ2v) is 9.52. The highest BCUT2D eigenvalue weighted by molar-refractivity contribution is 6.21. The quantitative estimate of drug-likeness (QED) is 0.176. The maximum Gasteiger partial charge on any atom is 0.335 e. The Morgan fingerprint density at radius 2 is 0.762 bits per heavy atom. The van der Waals surface area contributed by atoms with E-state index in [9.17, 15) is 39.6 Å². The van der Waals surface area contributed by atoms with Gasteiger partial charge in [0.2, 0.25) is 0 Å². The smallest absolute Gasteiger partial charge is 0.335 e. The van der Waals surface area contributed by atoms with Crippen molar-refractivity contribution in [2.24, 2.45) is 0 Å². The van der Waals surface area contributed by atoms with Gasteiger partial charge in [0.15, 0.2) is 0 Å². The molecule has 0 unspecified atom stereocenters. The van der Waals surface area contributed by atoms with Gasteiger partial charge in [-0.1, -0.05) is 36.4 Å². The predicted molar refractivity (Wildman–Crippen MR) is 153 cm³/mol. The normalized spacial score (nSPS) is 11.1. The molecule has 10 heteroatoms. The number of carboxylic acids is 4. The minimum atomic E-state index is -1.31. The summed E-state index contributed by atoms with van der Waals surface area (Å²) in [6.45, 7) is 0. The fraction of sp³-hybridized carbons (Fsp3) is 0. The molecule has 0 aliphatic rings. The number of nitrogens with zero attached hydrogens (tertiary/aromatic N) is 2. The van der Waals surface area contributed by atoms with E-state index in [-0.39, 0.29) is 33.4 Å². The lowest BCUT2D eigenvalue weighted by Gasteiger charge is -2.18. The molecule has 6 rings (SSSR count). The van der Waals surface area contributed by atoms with Crippen LogP contribution in [0.3, 0.4) is 0 Å². The molecule has 0 saturated carbocycles. The average Bonchev–Trinajstić information content (AvgIpc) is 2.98. The monoisotopic (exact) mass is 558 g/mol. The van der Waals surface area contributed by atoms with Crippen LogP contribution in [0, 0.1) is 0 Å². The molecule has 4 N–H and O–H groups in total. The zero-order valence-corrected chi connectivity index (χ0v) is 21.4. The molecule has 1 aromatic heterocycles. The molecule has 0 bridgehead atoms. The number of aromatic nitrogens is 2. The lowest BCUT2D eigenvalue weighted by Crippen LogP contribution is -2.05. The van der Waals surface area contributed by atoms with Crippen molar-refractivity contribution >= 4 is 56.7 Å². The molecule has 0 aliphatic carbocycles. The molecule has 0 amide bonds. The van der Waals surface area contributed by atoms with Crippen LogP contribution in [0.1, 0.15) is 41.4 Å². The molecule has 0 radical (unpaired) electrons. The molecule has 10 nitrogen and oxygen atoms in total. The topological polar surface area (TPSA) is 175 Å². The van der Waals surface area contributed by atoms with Crippen LogP contribution < -0.4 is 0 Å². The van der Waals surface area contributed by atoms with Gasteiger partial charge in [0.25, 0.3) is 0 Å². The highest BCUT2D eigenvalue weighted by Crippen LogP contribution is 2.43. The molecule has 0 atom stereocenters. The minimum Gasteiger partial charge on any atom is -0.478 e. The van der Waals surface area contributed by atoms with Crippen molar-refractivity contribution in [1.29, 1.82) is 0 Å². The van der Waals surface area contributed by atoms with Crippen LogP contribution in [-0.4, -0.2) is 54.3 Å². The van der Waals surface area contributed by atoms with Crippen LogP contribution in [0.2, 0.25) is 0 Å². The molecular formula is C32H18N2O8. The van der Waals surface area contributed by atoms with Gasteiger partial charge in [0.05, 0.1) is 44.3 Å². The third kappa shape index (κ3) is 4.33. The SMILES string of the molecule is O=C(O)c1cc(C(=O)O)cc(-c2c3ccccc3c(-c3cc(C(=O)O)cc(C(=O)O)c3)c3nc4ccccc4nc23)c1. The third-order valence-corrected chi connectivity index (χ3v) is 6.94. The van der Waals surface area contributed by atoms with Crippen LogP contribution in [0.25, 0.3) is 55.1 Å². The standard InChI is InChI=1S/C32H18N2O8/c35-29(36)17-9-15(10-18(13-17)30(37)38)25-21-5-1-2-6-22(21)26(16-11-19(31(39)40)14-20(12-16)32(41)42)28-27(25)33-23-7-3-4-8-24(23)34-28/h1-14H,(H,35,36)(H,37,38)(H,39,40)(H,41,42). The van der Waals surface area contributed by atoms with Crippen LogP contribution in [0.15, 0.2) is 84.9 Å². The van der Waals surface area contributed by atoms with E-state index in [0.717, 1.165) is 12.1 Å². The van der Waals surface area contributed by atoms with Crippen molar-refractivity contribution in [2.75, 3.05) is 0 Å². The molecule has 42 heavy (non-hydrogen) atoms. The molecule has 0 aliphatic heterocycles. The highest BCUT2D eigenvalue weighted by atomic mass is 16.4. The van der Waals surface area contributed by atoms with Gasteiger partial charge < -0.3 is 20.4 Å². The van der Waals surface area contributed by atoms with Crippen molar-refractivity contribution in [3.05, 3.63) is 107 Å². The summed E-state index contributed by atoms with van der Waals surface area (Å²) in [5.74, 6) is -5.25. The van der Waals surface area contributed by atoms with Gasteiger partial charge in [0.1, 0.15) is 0 Å². The summed E-state index contributed by atoms with van der Waals surface area (Å²) in [4.78, 5) is 57.6. The number of hydrogen-bond donors (Lipinski definition) is 4. The van der Waals surface area contributed by atoms with E-state index < -0.39 is 23.9 Å². The van der Waals surface area contributed by atoms with Crippen molar-refractivity contribution in [3.63, 3.8) is 0 Å². The zero-order chi connectivity index (χ0) is 29.7. The number of carboxylic acid groups (broad SMARTS) is 4.